The Labute approximate surface area is 198 Å². The summed E-state index contributed by atoms with van der Waals surface area (Å²) in [7, 11) is -4.00. The number of carbonyl (C=O) groups is 1. The molecule has 0 aromatic heterocycles. The summed E-state index contributed by atoms with van der Waals surface area (Å²) in [6, 6.07) is 20.9. The molecule has 0 bridgehead atoms. The lowest BCUT2D eigenvalue weighted by molar-refractivity contribution is -0.115. The summed E-state index contributed by atoms with van der Waals surface area (Å²) in [5.74, 6) is -0.234. The number of halogens is 1. The summed E-state index contributed by atoms with van der Waals surface area (Å²) in [4.78, 5) is 14.6. The van der Waals surface area contributed by atoms with Crippen molar-refractivity contribution >= 4 is 44.6 Å². The summed E-state index contributed by atoms with van der Waals surface area (Å²) >= 11 is 6.17. The number of para-hydroxylation sites is 1. The Morgan fingerprint density at radius 3 is 2.39 bits per heavy atom. The molecule has 1 saturated heterocycles. The zero-order valence-electron chi connectivity index (χ0n) is 17.8. The van der Waals surface area contributed by atoms with Crippen molar-refractivity contribution in [2.24, 2.45) is 0 Å². The van der Waals surface area contributed by atoms with Gasteiger partial charge >= 0.3 is 0 Å². The van der Waals surface area contributed by atoms with Gasteiger partial charge in [0.15, 0.2) is 0 Å². The minimum Gasteiger partial charge on any atom is -0.378 e. The average molecular weight is 486 g/mol. The van der Waals surface area contributed by atoms with E-state index in [1.807, 2.05) is 35.2 Å². The molecule has 1 aliphatic heterocycles. The molecule has 0 spiro atoms. The lowest BCUT2D eigenvalue weighted by atomic mass is 10.1. The number of benzene rings is 3. The molecule has 0 atom stereocenters. The van der Waals surface area contributed by atoms with Gasteiger partial charge < -0.3 is 15.0 Å². The molecule has 1 fully saturated rings. The Bertz CT molecular complexity index is 1230. The first-order chi connectivity index (χ1) is 15.9. The molecule has 3 aromatic rings. The third-order valence-corrected chi connectivity index (χ3v) is 6.93. The Morgan fingerprint density at radius 1 is 0.970 bits per heavy atom. The Morgan fingerprint density at radius 2 is 1.67 bits per heavy atom. The second kappa shape index (κ2) is 10.2. The summed E-state index contributed by atoms with van der Waals surface area (Å²) in [6.07, 6.45) is 0.187. The molecule has 3 aromatic carbocycles. The molecule has 1 amide bonds. The van der Waals surface area contributed by atoms with E-state index in [0.717, 1.165) is 5.56 Å². The van der Waals surface area contributed by atoms with Gasteiger partial charge in [0.1, 0.15) is 4.90 Å². The van der Waals surface area contributed by atoms with Crippen LogP contribution in [0.1, 0.15) is 5.56 Å². The summed E-state index contributed by atoms with van der Waals surface area (Å²) in [5.41, 5.74) is 2.09. The maximum absolute atomic E-state index is 13.4. The van der Waals surface area contributed by atoms with Crippen molar-refractivity contribution in [2.75, 3.05) is 41.2 Å². The van der Waals surface area contributed by atoms with Crippen LogP contribution in [0.25, 0.3) is 0 Å². The Hall–Kier alpha value is -3.07. The lowest BCUT2D eigenvalue weighted by Gasteiger charge is -2.30. The van der Waals surface area contributed by atoms with Crippen molar-refractivity contribution < 1.29 is 17.9 Å². The summed E-state index contributed by atoms with van der Waals surface area (Å²) in [6.45, 7) is 2.14. The highest BCUT2D eigenvalue weighted by atomic mass is 35.5. The molecule has 1 aliphatic rings. The standard InChI is InChI=1S/C24H24ClN3O4S/c25-20-8-4-5-9-21(20)27-33(30,31)23-17-19(10-11-22(23)28-12-14-32-15-13-28)26-24(29)16-18-6-2-1-3-7-18/h1-11,17,27H,12-16H2,(H,26,29). The first-order valence-electron chi connectivity index (χ1n) is 10.5. The zero-order valence-corrected chi connectivity index (χ0v) is 19.4. The van der Waals surface area contributed by atoms with Gasteiger partial charge in [-0.15, -0.1) is 0 Å². The van der Waals surface area contributed by atoms with E-state index < -0.39 is 10.0 Å². The van der Waals surface area contributed by atoms with Crippen LogP contribution in [0, 0.1) is 0 Å². The van der Waals surface area contributed by atoms with E-state index in [-0.39, 0.29) is 22.9 Å². The molecule has 0 aliphatic carbocycles. The highest BCUT2D eigenvalue weighted by molar-refractivity contribution is 7.93. The number of morpholine rings is 1. The fourth-order valence-electron chi connectivity index (χ4n) is 3.60. The third-order valence-electron chi connectivity index (χ3n) is 5.21. The Kier molecular flexibility index (Phi) is 7.17. The molecule has 2 N–H and O–H groups in total. The number of amides is 1. The number of hydrogen-bond acceptors (Lipinski definition) is 5. The summed E-state index contributed by atoms with van der Waals surface area (Å²) in [5, 5.41) is 3.10. The third kappa shape index (κ3) is 5.84. The highest BCUT2D eigenvalue weighted by Crippen LogP contribution is 2.32. The average Bonchev–Trinajstić information content (AvgIpc) is 2.81. The van der Waals surface area contributed by atoms with Gasteiger partial charge in [0.05, 0.1) is 36.0 Å². The SMILES string of the molecule is O=C(Cc1ccccc1)Nc1ccc(N2CCOCC2)c(S(=O)(=O)Nc2ccccc2Cl)c1. The van der Waals surface area contributed by atoms with Crippen LogP contribution < -0.4 is 14.9 Å². The highest BCUT2D eigenvalue weighted by Gasteiger charge is 2.25. The fourth-order valence-corrected chi connectivity index (χ4v) is 5.17. The molecule has 0 radical (unpaired) electrons. The first kappa shape index (κ1) is 23.1. The predicted molar refractivity (Wildman–Crippen MR) is 131 cm³/mol. The number of rotatable bonds is 7. The van der Waals surface area contributed by atoms with Gasteiger partial charge in [-0.1, -0.05) is 54.1 Å². The predicted octanol–water partition coefficient (Wildman–Crippen LogP) is 4.16. The van der Waals surface area contributed by atoms with E-state index >= 15 is 0 Å². The molecule has 172 valence electrons. The fraction of sp³-hybridized carbons (Fsp3) is 0.208. The van der Waals surface area contributed by atoms with Crippen LogP contribution >= 0.6 is 11.6 Å². The number of carbonyl (C=O) groups excluding carboxylic acids is 1. The molecule has 33 heavy (non-hydrogen) atoms. The number of nitrogens with zero attached hydrogens (tertiary/aromatic N) is 1. The van der Waals surface area contributed by atoms with Crippen molar-refractivity contribution in [3.05, 3.63) is 83.4 Å². The van der Waals surface area contributed by atoms with E-state index in [1.165, 1.54) is 6.07 Å². The van der Waals surface area contributed by atoms with Gasteiger partial charge in [0.2, 0.25) is 5.91 Å². The van der Waals surface area contributed by atoms with Crippen molar-refractivity contribution in [1.29, 1.82) is 0 Å². The van der Waals surface area contributed by atoms with Gasteiger partial charge in [0.25, 0.3) is 10.0 Å². The van der Waals surface area contributed by atoms with E-state index in [2.05, 4.69) is 10.0 Å². The second-order valence-corrected chi connectivity index (χ2v) is 9.64. The number of nitrogens with one attached hydrogen (secondary N) is 2. The van der Waals surface area contributed by atoms with Crippen molar-refractivity contribution in [2.45, 2.75) is 11.3 Å². The lowest BCUT2D eigenvalue weighted by Crippen LogP contribution is -2.37. The number of ether oxygens (including phenoxy) is 1. The molecule has 9 heteroatoms. The molecule has 4 rings (SSSR count). The molecule has 7 nitrogen and oxygen atoms in total. The van der Waals surface area contributed by atoms with Crippen LogP contribution in [0.4, 0.5) is 17.1 Å². The molecule has 0 unspecified atom stereocenters. The zero-order chi connectivity index (χ0) is 23.3. The number of sulfonamides is 1. The van der Waals surface area contributed by atoms with Gasteiger partial charge in [-0.05, 0) is 35.9 Å². The van der Waals surface area contributed by atoms with Crippen molar-refractivity contribution in [3.8, 4) is 0 Å². The normalized spacial score (nSPS) is 14.0. The topological polar surface area (TPSA) is 87.7 Å². The van der Waals surface area contributed by atoms with Crippen LogP contribution in [0.2, 0.25) is 5.02 Å². The van der Waals surface area contributed by atoms with E-state index in [1.54, 1.807) is 36.4 Å². The second-order valence-electron chi connectivity index (χ2n) is 7.58. The van der Waals surface area contributed by atoms with Crippen LogP contribution in [0.3, 0.4) is 0 Å². The quantitative estimate of drug-likeness (QED) is 0.524. The summed E-state index contributed by atoms with van der Waals surface area (Å²) < 4.78 is 34.8. The number of hydrogen-bond donors (Lipinski definition) is 2. The molecule has 1 heterocycles. The van der Waals surface area contributed by atoms with Crippen LogP contribution in [0.5, 0.6) is 0 Å². The van der Waals surface area contributed by atoms with Crippen LogP contribution in [0.15, 0.2) is 77.7 Å². The van der Waals surface area contributed by atoms with Crippen LogP contribution in [-0.4, -0.2) is 40.6 Å². The van der Waals surface area contributed by atoms with Gasteiger partial charge in [-0.2, -0.15) is 0 Å². The number of anilines is 3. The van der Waals surface area contributed by atoms with E-state index in [4.69, 9.17) is 16.3 Å². The van der Waals surface area contributed by atoms with E-state index in [9.17, 15) is 13.2 Å². The monoisotopic (exact) mass is 485 g/mol. The van der Waals surface area contributed by atoms with Gasteiger partial charge in [-0.25, -0.2) is 8.42 Å². The van der Waals surface area contributed by atoms with Crippen LogP contribution in [-0.2, 0) is 26.0 Å². The first-order valence-corrected chi connectivity index (χ1v) is 12.4. The Balaban J connectivity index is 1.64. The minimum atomic E-state index is -4.00. The molecule has 0 saturated carbocycles. The maximum Gasteiger partial charge on any atom is 0.264 e. The van der Waals surface area contributed by atoms with Gasteiger partial charge in [-0.3, -0.25) is 9.52 Å². The minimum absolute atomic E-state index is 0.0573. The van der Waals surface area contributed by atoms with E-state index in [0.29, 0.717) is 42.7 Å². The maximum atomic E-state index is 13.4. The largest absolute Gasteiger partial charge is 0.378 e. The van der Waals surface area contributed by atoms with Crippen molar-refractivity contribution in [1.82, 2.24) is 0 Å². The smallest absolute Gasteiger partial charge is 0.264 e. The molecular formula is C24H24ClN3O4S. The molecular weight excluding hydrogens is 462 g/mol. The van der Waals surface area contributed by atoms with Crippen molar-refractivity contribution in [3.63, 3.8) is 0 Å². The van der Waals surface area contributed by atoms with Gasteiger partial charge in [0, 0.05) is 18.8 Å².